The molecule has 2 aromatic rings. The molecule has 1 heterocycles. The van der Waals surface area contributed by atoms with Crippen molar-refractivity contribution in [2.45, 2.75) is 38.6 Å². The second-order valence-corrected chi connectivity index (χ2v) is 6.17. The van der Waals surface area contributed by atoms with Crippen molar-refractivity contribution < 1.29 is 0 Å². The van der Waals surface area contributed by atoms with Gasteiger partial charge < -0.3 is 5.32 Å². The topological polar surface area (TPSA) is 37.8 Å². The van der Waals surface area contributed by atoms with Gasteiger partial charge in [0.2, 0.25) is 5.95 Å². The third-order valence-corrected chi connectivity index (χ3v) is 4.38. The number of rotatable bonds is 3. The van der Waals surface area contributed by atoms with Crippen molar-refractivity contribution in [2.75, 3.05) is 5.32 Å². The molecule has 21 heavy (non-hydrogen) atoms. The molecule has 1 aliphatic rings. The maximum absolute atomic E-state index is 6.16. The fourth-order valence-electron chi connectivity index (χ4n) is 2.94. The predicted molar refractivity (Wildman–Crippen MR) is 87.5 cm³/mol. The van der Waals surface area contributed by atoms with Crippen LogP contribution in [0.2, 0.25) is 5.15 Å². The van der Waals surface area contributed by atoms with E-state index in [4.69, 9.17) is 11.6 Å². The summed E-state index contributed by atoms with van der Waals surface area (Å²) in [6, 6.07) is 12.3. The lowest BCUT2D eigenvalue weighted by Gasteiger charge is -2.29. The summed E-state index contributed by atoms with van der Waals surface area (Å²) in [5.41, 5.74) is 1.92. The summed E-state index contributed by atoms with van der Waals surface area (Å²) in [5, 5.41) is 3.96. The summed E-state index contributed by atoms with van der Waals surface area (Å²) in [4.78, 5) is 8.96. The van der Waals surface area contributed by atoms with Crippen molar-refractivity contribution in [3.8, 4) is 11.3 Å². The molecule has 2 unspecified atom stereocenters. The van der Waals surface area contributed by atoms with Crippen LogP contribution in [-0.2, 0) is 0 Å². The van der Waals surface area contributed by atoms with Crippen LogP contribution in [0.1, 0.15) is 32.6 Å². The first-order valence-corrected chi connectivity index (χ1v) is 7.97. The highest BCUT2D eigenvalue weighted by Gasteiger charge is 2.22. The van der Waals surface area contributed by atoms with Gasteiger partial charge in [-0.1, -0.05) is 61.7 Å². The average molecular weight is 302 g/mol. The van der Waals surface area contributed by atoms with Gasteiger partial charge in [0.25, 0.3) is 0 Å². The Balaban J connectivity index is 1.84. The largest absolute Gasteiger partial charge is 0.351 e. The average Bonchev–Trinajstić information content (AvgIpc) is 2.50. The summed E-state index contributed by atoms with van der Waals surface area (Å²) in [5.74, 6) is 1.29. The minimum Gasteiger partial charge on any atom is -0.351 e. The van der Waals surface area contributed by atoms with E-state index in [2.05, 4.69) is 22.2 Å². The lowest BCUT2D eigenvalue weighted by Crippen LogP contribution is -2.31. The van der Waals surface area contributed by atoms with E-state index >= 15 is 0 Å². The number of benzene rings is 1. The molecule has 1 N–H and O–H groups in total. The van der Waals surface area contributed by atoms with Crippen LogP contribution in [0.5, 0.6) is 0 Å². The minimum absolute atomic E-state index is 0.445. The summed E-state index contributed by atoms with van der Waals surface area (Å²) in [6.07, 6.45) is 5.04. The van der Waals surface area contributed by atoms with Crippen LogP contribution in [0.4, 0.5) is 5.95 Å². The Kier molecular flexibility index (Phi) is 4.39. The summed E-state index contributed by atoms with van der Waals surface area (Å²) in [6.45, 7) is 2.29. The molecule has 110 valence electrons. The molecule has 0 aliphatic heterocycles. The van der Waals surface area contributed by atoms with Gasteiger partial charge in [-0.15, -0.1) is 0 Å². The number of nitrogens with one attached hydrogen (secondary N) is 1. The predicted octanol–water partition coefficient (Wildman–Crippen LogP) is 4.79. The molecule has 1 aromatic heterocycles. The van der Waals surface area contributed by atoms with E-state index in [9.17, 15) is 0 Å². The highest BCUT2D eigenvalue weighted by Crippen LogP contribution is 2.27. The van der Waals surface area contributed by atoms with Crippen molar-refractivity contribution in [1.29, 1.82) is 0 Å². The van der Waals surface area contributed by atoms with Crippen LogP contribution < -0.4 is 5.32 Å². The summed E-state index contributed by atoms with van der Waals surface area (Å²) in [7, 11) is 0. The second-order valence-electron chi connectivity index (χ2n) is 5.78. The molecule has 0 spiro atoms. The Morgan fingerprint density at radius 3 is 2.62 bits per heavy atom. The smallest absolute Gasteiger partial charge is 0.224 e. The van der Waals surface area contributed by atoms with Gasteiger partial charge in [-0.25, -0.2) is 9.97 Å². The number of nitrogens with zero attached hydrogens (tertiary/aromatic N) is 2. The lowest BCUT2D eigenvalue weighted by atomic mass is 9.86. The molecule has 1 aromatic carbocycles. The molecule has 1 saturated carbocycles. The third kappa shape index (κ3) is 3.53. The zero-order valence-corrected chi connectivity index (χ0v) is 13.0. The molecule has 0 bridgehead atoms. The van der Waals surface area contributed by atoms with Gasteiger partial charge >= 0.3 is 0 Å². The molecule has 0 saturated heterocycles. The van der Waals surface area contributed by atoms with Gasteiger partial charge in [-0.05, 0) is 18.8 Å². The number of anilines is 1. The van der Waals surface area contributed by atoms with Crippen LogP contribution in [0.25, 0.3) is 11.3 Å². The van der Waals surface area contributed by atoms with E-state index in [0.29, 0.717) is 23.1 Å². The van der Waals surface area contributed by atoms with Gasteiger partial charge in [0.15, 0.2) is 0 Å². The minimum atomic E-state index is 0.445. The normalized spacial score (nSPS) is 22.0. The number of hydrogen-bond donors (Lipinski definition) is 1. The first-order valence-electron chi connectivity index (χ1n) is 7.59. The molecule has 3 nitrogen and oxygen atoms in total. The van der Waals surface area contributed by atoms with Crippen molar-refractivity contribution in [1.82, 2.24) is 9.97 Å². The lowest BCUT2D eigenvalue weighted by molar-refractivity contribution is 0.348. The number of halogens is 1. The van der Waals surface area contributed by atoms with Crippen molar-refractivity contribution in [3.05, 3.63) is 41.6 Å². The van der Waals surface area contributed by atoms with E-state index in [1.54, 1.807) is 0 Å². The van der Waals surface area contributed by atoms with Crippen LogP contribution in [0.3, 0.4) is 0 Å². The summed E-state index contributed by atoms with van der Waals surface area (Å²) >= 11 is 6.16. The molecule has 1 aliphatic carbocycles. The highest BCUT2D eigenvalue weighted by atomic mass is 35.5. The maximum atomic E-state index is 6.16. The second kappa shape index (κ2) is 6.44. The fourth-order valence-corrected chi connectivity index (χ4v) is 3.12. The van der Waals surface area contributed by atoms with Crippen LogP contribution in [0.15, 0.2) is 36.4 Å². The Morgan fingerprint density at radius 1 is 1.10 bits per heavy atom. The van der Waals surface area contributed by atoms with Gasteiger partial charge in [-0.2, -0.15) is 0 Å². The van der Waals surface area contributed by atoms with Crippen LogP contribution >= 0.6 is 11.6 Å². The van der Waals surface area contributed by atoms with Crippen molar-refractivity contribution >= 4 is 17.5 Å². The number of hydrogen-bond acceptors (Lipinski definition) is 3. The molecular weight excluding hydrogens is 282 g/mol. The van der Waals surface area contributed by atoms with Crippen molar-refractivity contribution in [3.63, 3.8) is 0 Å². The zero-order chi connectivity index (χ0) is 14.7. The molecule has 4 heteroatoms. The first kappa shape index (κ1) is 14.3. The van der Waals surface area contributed by atoms with Gasteiger partial charge in [0.05, 0.1) is 5.69 Å². The molecule has 2 atom stereocenters. The SMILES string of the molecule is CC1CCCCC1Nc1nc(Cl)cc(-c2ccccc2)n1. The van der Waals surface area contributed by atoms with Gasteiger partial charge in [-0.3, -0.25) is 0 Å². The van der Waals surface area contributed by atoms with Gasteiger partial charge in [0.1, 0.15) is 5.15 Å². The van der Waals surface area contributed by atoms with Gasteiger partial charge in [0, 0.05) is 17.7 Å². The first-order chi connectivity index (χ1) is 10.2. The van der Waals surface area contributed by atoms with Crippen LogP contribution in [0, 0.1) is 5.92 Å². The molecule has 0 amide bonds. The maximum Gasteiger partial charge on any atom is 0.224 e. The highest BCUT2D eigenvalue weighted by molar-refractivity contribution is 6.29. The van der Waals surface area contributed by atoms with E-state index in [0.717, 1.165) is 11.3 Å². The molecule has 3 rings (SSSR count). The fraction of sp³-hybridized carbons (Fsp3) is 0.412. The summed E-state index contributed by atoms with van der Waals surface area (Å²) < 4.78 is 0. The molecular formula is C17H20ClN3. The Bertz CT molecular complexity index is 600. The van der Waals surface area contributed by atoms with E-state index in [1.165, 1.54) is 25.7 Å². The van der Waals surface area contributed by atoms with E-state index in [1.807, 2.05) is 36.4 Å². The van der Waals surface area contributed by atoms with Crippen molar-refractivity contribution in [2.24, 2.45) is 5.92 Å². The Morgan fingerprint density at radius 2 is 1.86 bits per heavy atom. The Hall–Kier alpha value is -1.61. The quantitative estimate of drug-likeness (QED) is 0.828. The van der Waals surface area contributed by atoms with E-state index in [-0.39, 0.29) is 0 Å². The zero-order valence-electron chi connectivity index (χ0n) is 12.2. The monoisotopic (exact) mass is 301 g/mol. The number of aromatic nitrogens is 2. The molecule has 1 fully saturated rings. The van der Waals surface area contributed by atoms with Crippen LogP contribution in [-0.4, -0.2) is 16.0 Å². The Labute approximate surface area is 130 Å². The molecule has 0 radical (unpaired) electrons. The standard InChI is InChI=1S/C17H20ClN3/c1-12-7-5-6-10-14(12)19-17-20-15(11-16(18)21-17)13-8-3-2-4-9-13/h2-4,8-9,11-12,14H,5-7,10H2,1H3,(H,19,20,21). The van der Waals surface area contributed by atoms with E-state index < -0.39 is 0 Å². The third-order valence-electron chi connectivity index (χ3n) is 4.19.